The number of aryl methyl sites for hydroxylation is 1. The molecule has 0 aliphatic carbocycles. The molecular formula is C9H11NO3. The number of nitrogens with two attached hydrogens (primary N) is 1. The minimum Gasteiger partial charge on any atom is -0.507 e. The quantitative estimate of drug-likeness (QED) is 0.629. The smallest absolute Gasteiger partial charge is 0.325 e. The number of carboxylic acid groups (broad SMARTS) is 1. The van der Waals surface area contributed by atoms with E-state index in [0.29, 0.717) is 5.56 Å². The molecule has 0 spiro atoms. The Labute approximate surface area is 75.6 Å². The Morgan fingerprint density at radius 3 is 2.69 bits per heavy atom. The molecule has 0 unspecified atom stereocenters. The highest BCUT2D eigenvalue weighted by atomic mass is 16.4. The molecular weight excluding hydrogens is 170 g/mol. The number of hydrogen-bond donors (Lipinski definition) is 3. The van der Waals surface area contributed by atoms with E-state index in [-0.39, 0.29) is 11.3 Å². The Balaban J connectivity index is 3.15. The van der Waals surface area contributed by atoms with Crippen LogP contribution < -0.4 is 5.73 Å². The summed E-state index contributed by atoms with van der Waals surface area (Å²) in [5, 5.41) is 18.1. The molecule has 1 aromatic carbocycles. The van der Waals surface area contributed by atoms with Gasteiger partial charge in [0, 0.05) is 5.56 Å². The monoisotopic (exact) mass is 181 g/mol. The van der Waals surface area contributed by atoms with E-state index in [1.54, 1.807) is 19.1 Å². The molecule has 4 heteroatoms. The summed E-state index contributed by atoms with van der Waals surface area (Å²) in [5.74, 6) is -1.20. The predicted molar refractivity (Wildman–Crippen MR) is 47.4 cm³/mol. The van der Waals surface area contributed by atoms with Crippen molar-refractivity contribution < 1.29 is 15.0 Å². The summed E-state index contributed by atoms with van der Waals surface area (Å²) < 4.78 is 0. The van der Waals surface area contributed by atoms with E-state index in [2.05, 4.69) is 0 Å². The number of para-hydroxylation sites is 1. The molecule has 0 bridgehead atoms. The minimum absolute atomic E-state index is 0.0441. The highest BCUT2D eigenvalue weighted by Crippen LogP contribution is 2.25. The van der Waals surface area contributed by atoms with Crippen molar-refractivity contribution in [3.63, 3.8) is 0 Å². The number of phenols is 1. The molecule has 0 aromatic heterocycles. The summed E-state index contributed by atoms with van der Waals surface area (Å²) in [6.45, 7) is 1.69. The summed E-state index contributed by atoms with van der Waals surface area (Å²) in [7, 11) is 0. The molecule has 1 rings (SSSR count). The van der Waals surface area contributed by atoms with E-state index in [1.165, 1.54) is 6.07 Å². The van der Waals surface area contributed by atoms with Gasteiger partial charge in [-0.25, -0.2) is 0 Å². The molecule has 13 heavy (non-hydrogen) atoms. The van der Waals surface area contributed by atoms with E-state index in [9.17, 15) is 9.90 Å². The van der Waals surface area contributed by atoms with Crippen LogP contribution >= 0.6 is 0 Å². The molecule has 0 saturated carbocycles. The maximum atomic E-state index is 10.5. The van der Waals surface area contributed by atoms with Crippen LogP contribution in [0.3, 0.4) is 0 Å². The topological polar surface area (TPSA) is 83.6 Å². The number of hydrogen-bond acceptors (Lipinski definition) is 3. The van der Waals surface area contributed by atoms with Crippen LogP contribution in [0.2, 0.25) is 0 Å². The number of phenolic OH excluding ortho intramolecular Hbond substituents is 1. The predicted octanol–water partition coefficient (Wildman–Crippen LogP) is 0.785. The summed E-state index contributed by atoms with van der Waals surface area (Å²) in [6, 6.07) is 3.68. The van der Waals surface area contributed by atoms with Crippen LogP contribution in [0.25, 0.3) is 0 Å². The van der Waals surface area contributed by atoms with Gasteiger partial charge in [0.2, 0.25) is 0 Å². The maximum Gasteiger partial charge on any atom is 0.325 e. The lowest BCUT2D eigenvalue weighted by Gasteiger charge is -2.10. The Kier molecular flexibility index (Phi) is 2.53. The lowest BCUT2D eigenvalue weighted by molar-refractivity contribution is -0.138. The number of carbonyl (C=O) groups is 1. The third-order valence-corrected chi connectivity index (χ3v) is 1.87. The van der Waals surface area contributed by atoms with Gasteiger partial charge in [0.1, 0.15) is 11.8 Å². The van der Waals surface area contributed by atoms with Gasteiger partial charge in [0.05, 0.1) is 0 Å². The highest BCUT2D eigenvalue weighted by Gasteiger charge is 2.18. The van der Waals surface area contributed by atoms with Crippen LogP contribution in [0, 0.1) is 6.92 Å². The van der Waals surface area contributed by atoms with Gasteiger partial charge < -0.3 is 15.9 Å². The van der Waals surface area contributed by atoms with Crippen molar-refractivity contribution in [1.82, 2.24) is 0 Å². The molecule has 0 aliphatic rings. The highest BCUT2D eigenvalue weighted by molar-refractivity contribution is 5.76. The van der Waals surface area contributed by atoms with Gasteiger partial charge in [-0.3, -0.25) is 4.79 Å². The van der Waals surface area contributed by atoms with Gasteiger partial charge in [-0.2, -0.15) is 0 Å². The molecule has 0 radical (unpaired) electrons. The maximum absolute atomic E-state index is 10.5. The number of benzene rings is 1. The van der Waals surface area contributed by atoms with Crippen molar-refractivity contribution >= 4 is 5.97 Å². The van der Waals surface area contributed by atoms with Gasteiger partial charge in [-0.1, -0.05) is 18.2 Å². The van der Waals surface area contributed by atoms with Gasteiger partial charge in [-0.05, 0) is 12.5 Å². The minimum atomic E-state index is -1.17. The molecule has 0 aliphatic heterocycles. The van der Waals surface area contributed by atoms with Crippen molar-refractivity contribution in [3.8, 4) is 5.75 Å². The Hall–Kier alpha value is -1.55. The van der Waals surface area contributed by atoms with Gasteiger partial charge >= 0.3 is 5.97 Å². The first-order valence-electron chi connectivity index (χ1n) is 3.81. The molecule has 0 heterocycles. The van der Waals surface area contributed by atoms with E-state index < -0.39 is 12.0 Å². The molecule has 0 saturated heterocycles. The third kappa shape index (κ3) is 1.78. The average Bonchev–Trinajstić information content (AvgIpc) is 2.08. The van der Waals surface area contributed by atoms with Crippen molar-refractivity contribution in [3.05, 3.63) is 29.3 Å². The lowest BCUT2D eigenvalue weighted by atomic mass is 10.0. The SMILES string of the molecule is Cc1cccc([C@@H](N)C(=O)O)c1O. The van der Waals surface area contributed by atoms with E-state index >= 15 is 0 Å². The van der Waals surface area contributed by atoms with Crippen molar-refractivity contribution in [1.29, 1.82) is 0 Å². The third-order valence-electron chi connectivity index (χ3n) is 1.87. The van der Waals surface area contributed by atoms with E-state index in [4.69, 9.17) is 10.8 Å². The number of rotatable bonds is 2. The number of carboxylic acids is 1. The second-order valence-electron chi connectivity index (χ2n) is 2.83. The van der Waals surface area contributed by atoms with Crippen LogP contribution in [0.5, 0.6) is 5.75 Å². The van der Waals surface area contributed by atoms with Crippen LogP contribution in [-0.4, -0.2) is 16.2 Å². The molecule has 0 amide bonds. The van der Waals surface area contributed by atoms with E-state index in [0.717, 1.165) is 0 Å². The molecule has 4 nitrogen and oxygen atoms in total. The number of aliphatic carboxylic acids is 1. The summed E-state index contributed by atoms with van der Waals surface area (Å²) in [5.41, 5.74) is 6.21. The standard InChI is InChI=1S/C9H11NO3/c1-5-3-2-4-6(8(5)11)7(10)9(12)13/h2-4,7,11H,10H2,1H3,(H,12,13)/t7-/m1/s1. The summed E-state index contributed by atoms with van der Waals surface area (Å²) >= 11 is 0. The van der Waals surface area contributed by atoms with Crippen LogP contribution in [0.4, 0.5) is 0 Å². The molecule has 4 N–H and O–H groups in total. The van der Waals surface area contributed by atoms with Gasteiger partial charge in [-0.15, -0.1) is 0 Å². The normalized spacial score (nSPS) is 12.5. The second kappa shape index (κ2) is 3.45. The summed E-state index contributed by atoms with van der Waals surface area (Å²) in [4.78, 5) is 10.5. The van der Waals surface area contributed by atoms with Gasteiger partial charge in [0.15, 0.2) is 0 Å². The Morgan fingerprint density at radius 1 is 1.54 bits per heavy atom. The number of aromatic hydroxyl groups is 1. The Morgan fingerprint density at radius 2 is 2.15 bits per heavy atom. The first kappa shape index (κ1) is 9.54. The molecule has 0 fully saturated rings. The van der Waals surface area contributed by atoms with Crippen LogP contribution in [-0.2, 0) is 4.79 Å². The first-order valence-corrected chi connectivity index (χ1v) is 3.81. The van der Waals surface area contributed by atoms with E-state index in [1.807, 2.05) is 0 Å². The Bertz CT molecular complexity index is 336. The fourth-order valence-corrected chi connectivity index (χ4v) is 1.07. The second-order valence-corrected chi connectivity index (χ2v) is 2.83. The average molecular weight is 181 g/mol. The molecule has 1 atom stereocenters. The fourth-order valence-electron chi connectivity index (χ4n) is 1.07. The van der Waals surface area contributed by atoms with Crippen LogP contribution in [0.15, 0.2) is 18.2 Å². The van der Waals surface area contributed by atoms with Crippen molar-refractivity contribution in [2.45, 2.75) is 13.0 Å². The summed E-state index contributed by atoms with van der Waals surface area (Å²) in [6.07, 6.45) is 0. The molecule has 70 valence electrons. The zero-order valence-corrected chi connectivity index (χ0v) is 7.19. The zero-order chi connectivity index (χ0) is 10.0. The zero-order valence-electron chi connectivity index (χ0n) is 7.19. The largest absolute Gasteiger partial charge is 0.507 e. The van der Waals surface area contributed by atoms with Crippen LogP contribution in [0.1, 0.15) is 17.2 Å². The van der Waals surface area contributed by atoms with Crippen molar-refractivity contribution in [2.24, 2.45) is 5.73 Å². The fraction of sp³-hybridized carbons (Fsp3) is 0.222. The van der Waals surface area contributed by atoms with Gasteiger partial charge in [0.25, 0.3) is 0 Å². The first-order chi connectivity index (χ1) is 6.04. The van der Waals surface area contributed by atoms with Crippen molar-refractivity contribution in [2.75, 3.05) is 0 Å². The molecule has 1 aromatic rings. The lowest BCUT2D eigenvalue weighted by Crippen LogP contribution is -2.20.